The van der Waals surface area contributed by atoms with Crippen LogP contribution in [0.4, 0.5) is 41.1 Å². The number of halogens is 2. The molecule has 23 heteroatoms. The van der Waals surface area contributed by atoms with Gasteiger partial charge in [-0.2, -0.15) is 0 Å². The van der Waals surface area contributed by atoms with Crippen LogP contribution in [0.1, 0.15) is 78.3 Å². The molecule has 4 aromatic carbocycles. The maximum Gasteiger partial charge on any atom is 0.414 e. The van der Waals surface area contributed by atoms with E-state index in [2.05, 4.69) is 16.0 Å². The molecule has 0 spiro atoms. The fraction of sp³-hybridized carbons (Fsp3) is 0.411. The zero-order chi connectivity index (χ0) is 56.8. The second-order valence-electron chi connectivity index (χ2n) is 19.5. The molecule has 4 saturated heterocycles. The summed E-state index contributed by atoms with van der Waals surface area (Å²) in [7, 11) is 0. The van der Waals surface area contributed by atoms with Gasteiger partial charge in [0.25, 0.3) is 0 Å². The monoisotopic (exact) mass is 1090 g/mol. The molecule has 8 rings (SSSR count). The molecular formula is C56H66F2N10O11. The quantitative estimate of drug-likeness (QED) is 0.0957. The van der Waals surface area contributed by atoms with Crippen molar-refractivity contribution in [3.05, 3.63) is 119 Å². The summed E-state index contributed by atoms with van der Waals surface area (Å²) in [5.41, 5.74) is 9.91. The summed E-state index contributed by atoms with van der Waals surface area (Å²) in [6.07, 6.45) is -1.69. The van der Waals surface area contributed by atoms with Gasteiger partial charge in [-0.3, -0.25) is 43.4 Å². The number of nitrogens with zero attached hydrogens (tertiary/aromatic N) is 6. The first-order chi connectivity index (χ1) is 37.8. The van der Waals surface area contributed by atoms with E-state index in [-0.39, 0.29) is 93.0 Å². The smallest absolute Gasteiger partial charge is 0.414 e. The summed E-state index contributed by atoms with van der Waals surface area (Å²) in [5.74, 6) is -1.93. The maximum atomic E-state index is 15.1. The number of rotatable bonds is 19. The number of nitrogens with two attached hydrogens (primary N) is 1. The van der Waals surface area contributed by atoms with Crippen molar-refractivity contribution >= 4 is 76.0 Å². The number of benzene rings is 4. The first kappa shape index (κ1) is 58.2. The van der Waals surface area contributed by atoms with Gasteiger partial charge in [-0.15, -0.1) is 0 Å². The van der Waals surface area contributed by atoms with Crippen LogP contribution in [0.2, 0.25) is 0 Å². The molecule has 4 aliphatic rings. The van der Waals surface area contributed by atoms with E-state index in [0.717, 1.165) is 11.1 Å². The molecule has 79 heavy (non-hydrogen) atoms. The third-order valence-corrected chi connectivity index (χ3v) is 13.8. The van der Waals surface area contributed by atoms with Crippen molar-refractivity contribution in [2.45, 2.75) is 71.8 Å². The van der Waals surface area contributed by atoms with E-state index < -0.39 is 36.0 Å². The van der Waals surface area contributed by atoms with Gasteiger partial charge in [-0.1, -0.05) is 48.5 Å². The molecule has 21 nitrogen and oxygen atoms in total. The van der Waals surface area contributed by atoms with Gasteiger partial charge in [0.15, 0.2) is 11.6 Å². The van der Waals surface area contributed by atoms with Crippen LogP contribution in [-0.2, 0) is 46.5 Å². The average molecular weight is 1090 g/mol. The van der Waals surface area contributed by atoms with Gasteiger partial charge >= 0.3 is 12.2 Å². The van der Waals surface area contributed by atoms with Crippen molar-refractivity contribution in [1.82, 2.24) is 25.8 Å². The minimum Gasteiger partial charge on any atom is -0.443 e. The maximum absolute atomic E-state index is 15.1. The molecule has 0 aromatic heterocycles. The summed E-state index contributed by atoms with van der Waals surface area (Å²) in [5, 5.41) is 8.01. The van der Waals surface area contributed by atoms with E-state index >= 15 is 4.39 Å². The normalized spacial score (nSPS) is 17.1. The van der Waals surface area contributed by atoms with Gasteiger partial charge in [-0.25, -0.2) is 18.4 Å². The lowest BCUT2D eigenvalue weighted by Gasteiger charge is -2.36. The number of ether oxygens (including phenoxy) is 2. The predicted octanol–water partition coefficient (Wildman–Crippen LogP) is 4.29. The van der Waals surface area contributed by atoms with Crippen LogP contribution >= 0.6 is 0 Å². The Morgan fingerprint density at radius 1 is 0.519 bits per heavy atom. The van der Waals surface area contributed by atoms with E-state index in [0.29, 0.717) is 99.3 Å². The van der Waals surface area contributed by atoms with Crippen LogP contribution in [0.15, 0.2) is 84.9 Å². The third-order valence-electron chi connectivity index (χ3n) is 13.8. The lowest BCUT2D eigenvalue weighted by Crippen LogP contribution is -2.49. The van der Waals surface area contributed by atoms with Gasteiger partial charge in [0.2, 0.25) is 29.5 Å². The lowest BCUT2D eigenvalue weighted by atomic mass is 10.0. The molecule has 4 aliphatic heterocycles. The Hall–Kier alpha value is -8.47. The Labute approximate surface area is 456 Å². The van der Waals surface area contributed by atoms with Gasteiger partial charge < -0.3 is 50.8 Å². The molecule has 0 aliphatic carbocycles. The van der Waals surface area contributed by atoms with Crippen molar-refractivity contribution in [2.24, 2.45) is 5.73 Å². The first-order valence-corrected chi connectivity index (χ1v) is 26.1. The largest absolute Gasteiger partial charge is 0.443 e. The van der Waals surface area contributed by atoms with Crippen LogP contribution in [0.3, 0.4) is 0 Å². The SMILES string of the molecule is CC(=O)NCc1ccc(C(=O)CCC(=O)N2CCN(c3ccc(N4C[C@H](CN)OC4=O)cc3F)CC2)cc1.CC(=O)NCc1ccc(C(=O)CCC(=O)N2CCN(c3ccc(N4C[C@H](CNC(C)=O)OC4=O)cc3F)CC2)cc1. The van der Waals surface area contributed by atoms with Crippen LogP contribution in [-0.4, -0.2) is 154 Å². The molecule has 7 amide bonds. The number of nitrogens with one attached hydrogen (secondary N) is 3. The minimum atomic E-state index is -0.600. The summed E-state index contributed by atoms with van der Waals surface area (Å²) in [6.45, 7) is 9.29. The second kappa shape index (κ2) is 27.2. The highest BCUT2D eigenvalue weighted by Gasteiger charge is 2.35. The highest BCUT2D eigenvalue weighted by Crippen LogP contribution is 2.31. The summed E-state index contributed by atoms with van der Waals surface area (Å²) < 4.78 is 40.4. The number of carbonyl (C=O) groups is 9. The van der Waals surface area contributed by atoms with Crippen molar-refractivity contribution in [3.63, 3.8) is 0 Å². The van der Waals surface area contributed by atoms with Crippen molar-refractivity contribution < 1.29 is 61.4 Å². The Morgan fingerprint density at radius 3 is 1.25 bits per heavy atom. The molecule has 0 unspecified atom stereocenters. The van der Waals surface area contributed by atoms with E-state index in [1.807, 2.05) is 9.80 Å². The van der Waals surface area contributed by atoms with Gasteiger partial charge in [0, 0.05) is 130 Å². The molecule has 0 bridgehead atoms. The van der Waals surface area contributed by atoms with Crippen molar-refractivity contribution in [1.29, 1.82) is 0 Å². The Morgan fingerprint density at radius 2 is 0.899 bits per heavy atom. The van der Waals surface area contributed by atoms with Crippen LogP contribution in [0, 0.1) is 11.6 Å². The van der Waals surface area contributed by atoms with Crippen molar-refractivity contribution in [2.75, 3.05) is 98.1 Å². The molecule has 5 N–H and O–H groups in total. The topological polar surface area (TPSA) is 254 Å². The molecule has 2 atom stereocenters. The fourth-order valence-corrected chi connectivity index (χ4v) is 9.30. The number of ketones is 2. The van der Waals surface area contributed by atoms with Crippen LogP contribution in [0.5, 0.6) is 0 Å². The fourth-order valence-electron chi connectivity index (χ4n) is 9.30. The highest BCUT2D eigenvalue weighted by atomic mass is 19.1. The number of carbonyl (C=O) groups excluding carboxylic acids is 9. The molecule has 4 aromatic rings. The Balaban J connectivity index is 0.000000229. The molecule has 0 radical (unpaired) electrons. The predicted molar refractivity (Wildman–Crippen MR) is 288 cm³/mol. The van der Waals surface area contributed by atoms with Gasteiger partial charge in [0.05, 0.1) is 42.4 Å². The molecule has 4 heterocycles. The third kappa shape index (κ3) is 16.1. The number of amides is 7. The number of Topliss-reactive ketones (excluding diaryl/α,β-unsaturated/α-hetero) is 2. The Bertz CT molecular complexity index is 2890. The number of cyclic esters (lactones) is 2. The Kier molecular flexibility index (Phi) is 20.1. The van der Waals surface area contributed by atoms with Gasteiger partial charge in [-0.05, 0) is 47.5 Å². The van der Waals surface area contributed by atoms with E-state index in [1.165, 1.54) is 42.7 Å². The summed E-state index contributed by atoms with van der Waals surface area (Å²) in [6, 6.07) is 23.1. The summed E-state index contributed by atoms with van der Waals surface area (Å²) >= 11 is 0. The number of hydrogen-bond donors (Lipinski definition) is 4. The van der Waals surface area contributed by atoms with E-state index in [1.54, 1.807) is 82.6 Å². The highest BCUT2D eigenvalue weighted by molar-refractivity contribution is 5.99. The first-order valence-electron chi connectivity index (χ1n) is 26.1. The summed E-state index contributed by atoms with van der Waals surface area (Å²) in [4.78, 5) is 118. The molecule has 420 valence electrons. The minimum absolute atomic E-state index is 0.0877. The zero-order valence-electron chi connectivity index (χ0n) is 44.5. The molecule has 0 saturated carbocycles. The zero-order valence-corrected chi connectivity index (χ0v) is 44.5. The van der Waals surface area contributed by atoms with Crippen LogP contribution in [0.25, 0.3) is 0 Å². The van der Waals surface area contributed by atoms with Gasteiger partial charge in [0.1, 0.15) is 23.8 Å². The standard InChI is InChI=1S/C29H34FN5O6.C27H32FN5O5/c1-19(36)31-16-21-3-5-22(6-4-21)27(38)9-10-28(39)34-13-11-33(12-14-34)26-8-7-23(15-25(26)30)35-18-24(41-29(35)40)17-32-20(2)37;1-18(34)30-16-19-2-4-20(5-3-19)25(35)8-9-26(36)32-12-10-31(11-13-32)24-7-6-21(14-23(24)28)33-17-22(15-29)38-27(33)37/h3-8,15,24H,9-14,16-18H2,1-2H3,(H,31,36)(H,32,37);2-7,14,22H,8-13,15-17,29H2,1H3,(H,30,34)/t24-;22-/m00/s1. The second-order valence-corrected chi connectivity index (χ2v) is 19.5. The number of anilines is 4. The number of hydrogen-bond acceptors (Lipinski definition) is 14. The van der Waals surface area contributed by atoms with Crippen molar-refractivity contribution in [3.8, 4) is 0 Å². The molecule has 4 fully saturated rings. The number of piperazine rings is 2. The molecular weight excluding hydrogens is 1030 g/mol. The van der Waals surface area contributed by atoms with Crippen LogP contribution < -0.4 is 41.3 Å². The van der Waals surface area contributed by atoms with E-state index in [9.17, 15) is 47.5 Å². The average Bonchev–Trinajstić information content (AvgIpc) is 4.03. The lowest BCUT2D eigenvalue weighted by molar-refractivity contribution is -0.132. The van der Waals surface area contributed by atoms with E-state index in [4.69, 9.17) is 15.2 Å².